The molecule has 1 aromatic rings. The quantitative estimate of drug-likeness (QED) is 0.864. The molecule has 0 saturated heterocycles. The Hall–Kier alpha value is -1.62. The average molecular weight is 284 g/mol. The van der Waals surface area contributed by atoms with Crippen LogP contribution in [0.5, 0.6) is 5.75 Å². The van der Waals surface area contributed by atoms with Crippen molar-refractivity contribution in [1.29, 1.82) is 0 Å². The third-order valence-electron chi connectivity index (χ3n) is 2.77. The molecule has 2 unspecified atom stereocenters. The summed E-state index contributed by atoms with van der Waals surface area (Å²) in [6, 6.07) is 4.09. The highest BCUT2D eigenvalue weighted by Crippen LogP contribution is 2.27. The van der Waals surface area contributed by atoms with E-state index in [1.807, 2.05) is 0 Å². The second-order valence-corrected chi connectivity index (χ2v) is 5.66. The van der Waals surface area contributed by atoms with E-state index in [1.54, 1.807) is 27.7 Å². The Balaban J connectivity index is 2.86. The molecular formula is C15H21FO4. The summed E-state index contributed by atoms with van der Waals surface area (Å²) in [6.45, 7) is 6.78. The van der Waals surface area contributed by atoms with Crippen molar-refractivity contribution in [2.45, 2.75) is 39.4 Å². The molecule has 0 heterocycles. The molecule has 0 aliphatic carbocycles. The van der Waals surface area contributed by atoms with Crippen LogP contribution >= 0.6 is 0 Å². The molecule has 5 heteroatoms. The van der Waals surface area contributed by atoms with Gasteiger partial charge in [-0.1, -0.05) is 6.07 Å². The second-order valence-electron chi connectivity index (χ2n) is 5.66. The van der Waals surface area contributed by atoms with Crippen LogP contribution in [0.3, 0.4) is 0 Å². The molecule has 2 atom stereocenters. The first-order valence-corrected chi connectivity index (χ1v) is 6.40. The van der Waals surface area contributed by atoms with Crippen molar-refractivity contribution in [3.05, 3.63) is 29.6 Å². The number of carbonyl (C=O) groups is 1. The van der Waals surface area contributed by atoms with Gasteiger partial charge in [-0.15, -0.1) is 0 Å². The van der Waals surface area contributed by atoms with Crippen LogP contribution in [-0.2, 0) is 9.53 Å². The summed E-state index contributed by atoms with van der Waals surface area (Å²) in [7, 11) is 1.36. The van der Waals surface area contributed by atoms with Gasteiger partial charge in [-0.25, -0.2) is 4.39 Å². The van der Waals surface area contributed by atoms with Gasteiger partial charge < -0.3 is 14.6 Å². The Kier molecular flexibility index (Phi) is 5.11. The summed E-state index contributed by atoms with van der Waals surface area (Å²) in [4.78, 5) is 11.9. The summed E-state index contributed by atoms with van der Waals surface area (Å²) in [5.41, 5.74) is -0.322. The van der Waals surface area contributed by atoms with E-state index < -0.39 is 29.4 Å². The fraction of sp³-hybridized carbons (Fsp3) is 0.533. The van der Waals surface area contributed by atoms with Gasteiger partial charge in [-0.2, -0.15) is 0 Å². The van der Waals surface area contributed by atoms with Crippen molar-refractivity contribution in [3.8, 4) is 5.75 Å². The SMILES string of the molecule is COc1ccc(C(O)C(C)C(=O)OC(C)(C)C)cc1F. The number of ether oxygens (including phenoxy) is 2. The van der Waals surface area contributed by atoms with E-state index in [2.05, 4.69) is 0 Å². The van der Waals surface area contributed by atoms with Crippen molar-refractivity contribution in [2.24, 2.45) is 5.92 Å². The van der Waals surface area contributed by atoms with Crippen LogP contribution in [-0.4, -0.2) is 23.8 Å². The fourth-order valence-electron chi connectivity index (χ4n) is 1.68. The van der Waals surface area contributed by atoms with E-state index in [0.717, 1.165) is 6.07 Å². The number of esters is 1. The summed E-state index contributed by atoms with van der Waals surface area (Å²) in [6.07, 6.45) is -1.13. The van der Waals surface area contributed by atoms with E-state index in [9.17, 15) is 14.3 Å². The first-order valence-electron chi connectivity index (χ1n) is 6.40. The second kappa shape index (κ2) is 6.22. The Bertz CT molecular complexity index is 479. The van der Waals surface area contributed by atoms with Crippen molar-refractivity contribution in [3.63, 3.8) is 0 Å². The van der Waals surface area contributed by atoms with Gasteiger partial charge in [0.2, 0.25) is 0 Å². The highest BCUT2D eigenvalue weighted by molar-refractivity contribution is 5.73. The normalized spacial score (nSPS) is 14.6. The number of aliphatic hydroxyl groups excluding tert-OH is 1. The Labute approximate surface area is 118 Å². The molecule has 0 saturated carbocycles. The van der Waals surface area contributed by atoms with E-state index in [4.69, 9.17) is 9.47 Å². The summed E-state index contributed by atoms with van der Waals surface area (Å²) >= 11 is 0. The maximum absolute atomic E-state index is 13.6. The van der Waals surface area contributed by atoms with Gasteiger partial charge in [-0.3, -0.25) is 4.79 Å². The van der Waals surface area contributed by atoms with Gasteiger partial charge in [0, 0.05) is 0 Å². The van der Waals surface area contributed by atoms with Crippen molar-refractivity contribution in [2.75, 3.05) is 7.11 Å². The Morgan fingerprint density at radius 2 is 1.95 bits per heavy atom. The molecule has 1 N–H and O–H groups in total. The van der Waals surface area contributed by atoms with Crippen LogP contribution in [0, 0.1) is 11.7 Å². The van der Waals surface area contributed by atoms with Crippen LogP contribution in [0.2, 0.25) is 0 Å². The molecule has 0 amide bonds. The van der Waals surface area contributed by atoms with Crippen molar-refractivity contribution in [1.82, 2.24) is 0 Å². The fourth-order valence-corrected chi connectivity index (χ4v) is 1.68. The van der Waals surface area contributed by atoms with Gasteiger partial charge in [-0.05, 0) is 45.4 Å². The minimum Gasteiger partial charge on any atom is -0.494 e. The predicted octanol–water partition coefficient (Wildman–Crippen LogP) is 2.85. The number of carbonyl (C=O) groups excluding carboxylic acids is 1. The summed E-state index contributed by atoms with van der Waals surface area (Å²) in [5, 5.41) is 10.1. The molecule has 1 rings (SSSR count). The number of halogens is 1. The van der Waals surface area contributed by atoms with Gasteiger partial charge in [0.25, 0.3) is 0 Å². The average Bonchev–Trinajstić information content (AvgIpc) is 2.34. The van der Waals surface area contributed by atoms with Gasteiger partial charge >= 0.3 is 5.97 Å². The Morgan fingerprint density at radius 1 is 1.35 bits per heavy atom. The Morgan fingerprint density at radius 3 is 2.40 bits per heavy atom. The lowest BCUT2D eigenvalue weighted by Gasteiger charge is -2.24. The van der Waals surface area contributed by atoms with Gasteiger partial charge in [0.1, 0.15) is 5.60 Å². The largest absolute Gasteiger partial charge is 0.494 e. The number of rotatable bonds is 4. The summed E-state index contributed by atoms with van der Waals surface area (Å²) < 4.78 is 23.6. The molecule has 0 fully saturated rings. The molecular weight excluding hydrogens is 263 g/mol. The lowest BCUT2D eigenvalue weighted by molar-refractivity contribution is -0.163. The number of aliphatic hydroxyl groups is 1. The third kappa shape index (κ3) is 4.20. The third-order valence-corrected chi connectivity index (χ3v) is 2.77. The highest BCUT2D eigenvalue weighted by atomic mass is 19.1. The molecule has 0 aromatic heterocycles. The first kappa shape index (κ1) is 16.4. The smallest absolute Gasteiger partial charge is 0.312 e. The standard InChI is InChI=1S/C15H21FO4/c1-9(14(18)20-15(2,3)4)13(17)10-6-7-12(19-5)11(16)8-10/h6-9,13,17H,1-5H3. The monoisotopic (exact) mass is 284 g/mol. The minimum atomic E-state index is -1.13. The molecule has 0 aliphatic rings. The molecule has 0 radical (unpaired) electrons. The van der Waals surface area contributed by atoms with Gasteiger partial charge in [0.05, 0.1) is 19.1 Å². The topological polar surface area (TPSA) is 55.8 Å². The first-order chi connectivity index (χ1) is 9.15. The molecule has 4 nitrogen and oxygen atoms in total. The van der Waals surface area contributed by atoms with Crippen LogP contribution in [0.4, 0.5) is 4.39 Å². The number of hydrogen-bond donors (Lipinski definition) is 1. The number of benzene rings is 1. The molecule has 1 aromatic carbocycles. The zero-order valence-corrected chi connectivity index (χ0v) is 12.4. The predicted molar refractivity (Wildman–Crippen MR) is 72.9 cm³/mol. The van der Waals surface area contributed by atoms with Crippen LogP contribution in [0.25, 0.3) is 0 Å². The van der Waals surface area contributed by atoms with E-state index >= 15 is 0 Å². The number of hydrogen-bond acceptors (Lipinski definition) is 4. The molecule has 0 bridgehead atoms. The lowest BCUT2D eigenvalue weighted by Crippen LogP contribution is -2.30. The minimum absolute atomic E-state index is 0.0888. The van der Waals surface area contributed by atoms with Crippen molar-refractivity contribution < 1.29 is 23.8 Å². The maximum atomic E-state index is 13.6. The molecule has 112 valence electrons. The zero-order chi connectivity index (χ0) is 15.5. The van der Waals surface area contributed by atoms with E-state index in [0.29, 0.717) is 5.56 Å². The maximum Gasteiger partial charge on any atom is 0.312 e. The number of methoxy groups -OCH3 is 1. The molecule has 20 heavy (non-hydrogen) atoms. The van der Waals surface area contributed by atoms with Crippen molar-refractivity contribution >= 4 is 5.97 Å². The van der Waals surface area contributed by atoms with Gasteiger partial charge in [0.15, 0.2) is 11.6 Å². The lowest BCUT2D eigenvalue weighted by atomic mass is 9.97. The van der Waals surface area contributed by atoms with Crippen LogP contribution in [0.15, 0.2) is 18.2 Å². The highest BCUT2D eigenvalue weighted by Gasteiger charge is 2.28. The van der Waals surface area contributed by atoms with E-state index in [1.165, 1.54) is 19.2 Å². The summed E-state index contributed by atoms with van der Waals surface area (Å²) in [5.74, 6) is -1.81. The zero-order valence-electron chi connectivity index (χ0n) is 12.4. The van der Waals surface area contributed by atoms with Crippen LogP contribution < -0.4 is 4.74 Å². The molecule has 0 spiro atoms. The molecule has 0 aliphatic heterocycles. The van der Waals surface area contributed by atoms with E-state index in [-0.39, 0.29) is 5.75 Å². The van der Waals surface area contributed by atoms with Crippen LogP contribution in [0.1, 0.15) is 39.4 Å².